The number of Topliss-reactive ketones (excluding diaryl/α,β-unsaturated/α-hetero) is 1. The van der Waals surface area contributed by atoms with Crippen molar-refractivity contribution in [2.24, 2.45) is 0 Å². The lowest BCUT2D eigenvalue weighted by Gasteiger charge is -2.27. The Balaban J connectivity index is 2.39. The Morgan fingerprint density at radius 2 is 1.52 bits per heavy atom. The lowest BCUT2D eigenvalue weighted by molar-refractivity contribution is -0.339. The fourth-order valence-corrected chi connectivity index (χ4v) is 1.54. The van der Waals surface area contributed by atoms with Crippen molar-refractivity contribution >= 4 is 5.78 Å². The number of rotatable bonds is 3. The van der Waals surface area contributed by atoms with Gasteiger partial charge in [-0.15, -0.1) is 0 Å². The number of fused-ring (bicyclic) bond motifs is 1. The Morgan fingerprint density at radius 1 is 0.952 bits per heavy atom. The summed E-state index contributed by atoms with van der Waals surface area (Å²) >= 11 is 0. The van der Waals surface area contributed by atoms with Gasteiger partial charge in [-0.2, -0.15) is 30.7 Å². The molecule has 1 heterocycles. The lowest BCUT2D eigenvalue weighted by Crippen LogP contribution is -2.56. The van der Waals surface area contributed by atoms with Gasteiger partial charge in [-0.1, -0.05) is 0 Å². The third kappa shape index (κ3) is 2.28. The predicted octanol–water partition coefficient (Wildman–Crippen LogP) is 3.43. The van der Waals surface area contributed by atoms with E-state index >= 15 is 0 Å². The van der Waals surface area contributed by atoms with Crippen LogP contribution in [0.2, 0.25) is 0 Å². The third-order valence-corrected chi connectivity index (χ3v) is 2.67. The molecule has 1 aromatic rings. The van der Waals surface area contributed by atoms with E-state index in [0.29, 0.717) is 12.1 Å². The highest BCUT2D eigenvalue weighted by Gasteiger charge is 2.76. The first kappa shape index (κ1) is 15.4. The lowest BCUT2D eigenvalue weighted by atomic mass is 9.99. The van der Waals surface area contributed by atoms with Crippen LogP contribution in [0.1, 0.15) is 10.4 Å². The van der Waals surface area contributed by atoms with E-state index in [2.05, 4.69) is 0 Å². The maximum Gasteiger partial charge on any atom is 0.460 e. The number of carbonyl (C=O) groups excluding carboxylic acids is 1. The van der Waals surface area contributed by atoms with E-state index in [-0.39, 0.29) is 18.3 Å². The molecule has 21 heavy (non-hydrogen) atoms. The minimum atomic E-state index is -6.57. The average molecular weight is 318 g/mol. The standard InChI is InChI=1S/C11H5F7O3/c12-9(13,10(14,15)11(16,17)18)8(19)5-1-2-6-7(3-5)21-4-20-6/h1-3H,4H2. The molecule has 1 aliphatic heterocycles. The summed E-state index contributed by atoms with van der Waals surface area (Å²) < 4.78 is 97.5. The number of ketones is 1. The number of benzene rings is 1. The molecule has 0 aromatic heterocycles. The van der Waals surface area contributed by atoms with Gasteiger partial charge in [0, 0.05) is 5.56 Å². The van der Waals surface area contributed by atoms with Crippen LogP contribution in [0.3, 0.4) is 0 Å². The van der Waals surface area contributed by atoms with Crippen molar-refractivity contribution in [2.45, 2.75) is 18.0 Å². The molecule has 2 rings (SSSR count). The van der Waals surface area contributed by atoms with Crippen LogP contribution in [-0.2, 0) is 0 Å². The minimum Gasteiger partial charge on any atom is -0.454 e. The molecule has 0 atom stereocenters. The fourth-order valence-electron chi connectivity index (χ4n) is 1.54. The summed E-state index contributed by atoms with van der Waals surface area (Å²) in [5, 5.41) is 0. The number of carbonyl (C=O) groups is 1. The zero-order valence-electron chi connectivity index (χ0n) is 9.81. The summed E-state index contributed by atoms with van der Waals surface area (Å²) in [6.45, 7) is -0.290. The van der Waals surface area contributed by atoms with E-state index in [9.17, 15) is 35.5 Å². The zero-order chi connectivity index (χ0) is 16.1. The Kier molecular flexibility index (Phi) is 3.30. The Bertz CT molecular complexity index is 580. The molecule has 1 aromatic carbocycles. The predicted molar refractivity (Wildman–Crippen MR) is 52.8 cm³/mol. The summed E-state index contributed by atoms with van der Waals surface area (Å²) in [5.74, 6) is -15.3. The van der Waals surface area contributed by atoms with E-state index in [4.69, 9.17) is 9.47 Å². The van der Waals surface area contributed by atoms with Crippen molar-refractivity contribution in [1.82, 2.24) is 0 Å². The molecule has 3 nitrogen and oxygen atoms in total. The SMILES string of the molecule is O=C(c1ccc2c(c1)OCO2)C(F)(F)C(F)(F)C(F)(F)F. The highest BCUT2D eigenvalue weighted by atomic mass is 19.4. The maximum absolute atomic E-state index is 13.2. The van der Waals surface area contributed by atoms with Gasteiger partial charge in [0.25, 0.3) is 0 Å². The van der Waals surface area contributed by atoms with Gasteiger partial charge >= 0.3 is 18.0 Å². The molecule has 0 fully saturated rings. The molecule has 116 valence electrons. The van der Waals surface area contributed by atoms with Crippen LogP contribution >= 0.6 is 0 Å². The summed E-state index contributed by atoms with van der Waals surface area (Å²) in [7, 11) is 0. The van der Waals surface area contributed by atoms with Crippen molar-refractivity contribution in [3.05, 3.63) is 23.8 Å². The minimum absolute atomic E-state index is 0.0532. The molecule has 0 saturated carbocycles. The molecule has 0 spiro atoms. The summed E-state index contributed by atoms with van der Waals surface area (Å²) in [5.41, 5.74) is -1.05. The Hall–Kier alpha value is -2.00. The molecule has 0 aliphatic carbocycles. The van der Waals surface area contributed by atoms with Gasteiger partial charge in [-0.3, -0.25) is 4.79 Å². The monoisotopic (exact) mass is 318 g/mol. The number of ether oxygens (including phenoxy) is 2. The topological polar surface area (TPSA) is 35.5 Å². The molecule has 0 unspecified atom stereocenters. The largest absolute Gasteiger partial charge is 0.460 e. The second kappa shape index (κ2) is 4.50. The van der Waals surface area contributed by atoms with Gasteiger partial charge in [0.05, 0.1) is 0 Å². The molecule has 1 aliphatic rings. The quantitative estimate of drug-likeness (QED) is 0.633. The molecule has 0 bridgehead atoms. The van der Waals surface area contributed by atoms with Gasteiger partial charge in [0.1, 0.15) is 0 Å². The van der Waals surface area contributed by atoms with Gasteiger partial charge < -0.3 is 9.47 Å². The first-order valence-electron chi connectivity index (χ1n) is 5.25. The molecule has 0 N–H and O–H groups in total. The normalized spacial score (nSPS) is 15.2. The average Bonchev–Trinajstić information content (AvgIpc) is 2.83. The van der Waals surface area contributed by atoms with E-state index in [1.807, 2.05) is 0 Å². The van der Waals surface area contributed by atoms with Crippen LogP contribution in [0, 0.1) is 0 Å². The van der Waals surface area contributed by atoms with E-state index in [1.54, 1.807) is 0 Å². The second-order valence-electron chi connectivity index (χ2n) is 4.04. The van der Waals surface area contributed by atoms with Crippen LogP contribution in [0.4, 0.5) is 30.7 Å². The van der Waals surface area contributed by atoms with Gasteiger partial charge in [-0.25, -0.2) is 0 Å². The number of alkyl halides is 7. The van der Waals surface area contributed by atoms with Crippen molar-refractivity contribution in [3.63, 3.8) is 0 Å². The Labute approximate surface area is 112 Å². The summed E-state index contributed by atoms with van der Waals surface area (Å²) in [6, 6.07) is 2.22. The first-order chi connectivity index (χ1) is 9.48. The third-order valence-electron chi connectivity index (χ3n) is 2.67. The number of hydrogen-bond donors (Lipinski definition) is 0. The highest BCUT2D eigenvalue weighted by molar-refractivity contribution is 6.02. The molecular formula is C11H5F7O3. The number of hydrogen-bond acceptors (Lipinski definition) is 3. The zero-order valence-corrected chi connectivity index (χ0v) is 9.81. The number of halogens is 7. The van der Waals surface area contributed by atoms with Gasteiger partial charge in [0.15, 0.2) is 11.5 Å². The van der Waals surface area contributed by atoms with Crippen LogP contribution in [0.15, 0.2) is 18.2 Å². The molecule has 10 heteroatoms. The molecule has 0 radical (unpaired) electrons. The van der Waals surface area contributed by atoms with Crippen molar-refractivity contribution in [2.75, 3.05) is 6.79 Å². The Morgan fingerprint density at radius 3 is 2.10 bits per heavy atom. The van der Waals surface area contributed by atoms with Crippen LogP contribution < -0.4 is 9.47 Å². The molecule has 0 saturated heterocycles. The van der Waals surface area contributed by atoms with Crippen molar-refractivity contribution < 1.29 is 45.0 Å². The van der Waals surface area contributed by atoms with E-state index in [1.165, 1.54) is 0 Å². The van der Waals surface area contributed by atoms with Crippen LogP contribution in [-0.4, -0.2) is 30.6 Å². The van der Waals surface area contributed by atoms with Crippen LogP contribution in [0.25, 0.3) is 0 Å². The fraction of sp³-hybridized carbons (Fsp3) is 0.364. The summed E-state index contributed by atoms with van der Waals surface area (Å²) in [6.07, 6.45) is -6.57. The molecule has 0 amide bonds. The highest BCUT2D eigenvalue weighted by Crippen LogP contribution is 2.48. The first-order valence-corrected chi connectivity index (χ1v) is 5.25. The van der Waals surface area contributed by atoms with E-state index < -0.39 is 29.4 Å². The van der Waals surface area contributed by atoms with Crippen molar-refractivity contribution in [1.29, 1.82) is 0 Å². The van der Waals surface area contributed by atoms with Crippen LogP contribution in [0.5, 0.6) is 11.5 Å². The smallest absolute Gasteiger partial charge is 0.454 e. The van der Waals surface area contributed by atoms with Gasteiger partial charge in [-0.05, 0) is 18.2 Å². The van der Waals surface area contributed by atoms with Gasteiger partial charge in [0.2, 0.25) is 12.6 Å². The van der Waals surface area contributed by atoms with Crippen molar-refractivity contribution in [3.8, 4) is 11.5 Å². The maximum atomic E-state index is 13.2. The van der Waals surface area contributed by atoms with E-state index in [0.717, 1.165) is 6.07 Å². The molecular weight excluding hydrogens is 313 g/mol. The second-order valence-corrected chi connectivity index (χ2v) is 4.04. The summed E-state index contributed by atoms with van der Waals surface area (Å²) in [4.78, 5) is 11.3.